The maximum absolute atomic E-state index is 12.5. The Bertz CT molecular complexity index is 757. The number of rotatable bonds is 3. The number of carbonyl (C=O) groups is 1. The minimum Gasteiger partial charge on any atom is -0.444 e. The van der Waals surface area contributed by atoms with Crippen LogP contribution in [0.15, 0.2) is 35.2 Å². The molecular weight excluding hydrogens is 352 g/mol. The van der Waals surface area contributed by atoms with E-state index in [0.717, 1.165) is 25.7 Å². The summed E-state index contributed by atoms with van der Waals surface area (Å²) in [6, 6.07) is 8.37. The first kappa shape index (κ1) is 19.2. The van der Waals surface area contributed by atoms with Crippen LogP contribution in [0.2, 0.25) is 0 Å². The van der Waals surface area contributed by atoms with Gasteiger partial charge in [0.2, 0.25) is 10.0 Å². The van der Waals surface area contributed by atoms with E-state index in [9.17, 15) is 13.2 Å². The van der Waals surface area contributed by atoms with Gasteiger partial charge in [0.25, 0.3) is 0 Å². The van der Waals surface area contributed by atoms with Crippen molar-refractivity contribution >= 4 is 16.1 Å². The van der Waals surface area contributed by atoms with Gasteiger partial charge < -0.3 is 9.64 Å². The number of nitrogens with zero attached hydrogens (tertiary/aromatic N) is 1. The largest absolute Gasteiger partial charge is 0.444 e. The van der Waals surface area contributed by atoms with Gasteiger partial charge in [-0.15, -0.1) is 0 Å². The summed E-state index contributed by atoms with van der Waals surface area (Å²) in [6.07, 6.45) is 3.11. The van der Waals surface area contributed by atoms with Crippen LogP contribution < -0.4 is 4.72 Å². The van der Waals surface area contributed by atoms with Crippen LogP contribution in [0.25, 0.3) is 0 Å². The zero-order valence-electron chi connectivity index (χ0n) is 15.7. The molecule has 2 fully saturated rings. The van der Waals surface area contributed by atoms with Gasteiger partial charge in [-0.25, -0.2) is 17.9 Å². The summed E-state index contributed by atoms with van der Waals surface area (Å²) < 4.78 is 33.4. The minimum atomic E-state index is -3.50. The third-order valence-electron chi connectivity index (χ3n) is 5.17. The summed E-state index contributed by atoms with van der Waals surface area (Å²) in [4.78, 5) is 14.3. The third kappa shape index (κ3) is 4.38. The van der Waals surface area contributed by atoms with E-state index in [1.807, 2.05) is 20.8 Å². The normalized spacial score (nSPS) is 26.4. The zero-order chi connectivity index (χ0) is 19.0. The molecule has 1 saturated carbocycles. The molecule has 1 amide bonds. The fourth-order valence-corrected chi connectivity index (χ4v) is 5.27. The standard InChI is InChI=1S/C19H28N2O4S/c1-18(2,3)25-17(22)21-12-11-19(14-21)10-9-15(13-19)20-26(23,24)16-7-5-4-6-8-16/h4-8,15,20H,9-14H2,1-3H3. The van der Waals surface area contributed by atoms with Gasteiger partial charge >= 0.3 is 6.09 Å². The maximum Gasteiger partial charge on any atom is 0.410 e. The molecule has 7 heteroatoms. The van der Waals surface area contributed by atoms with Gasteiger partial charge in [0.1, 0.15) is 5.60 Å². The second-order valence-electron chi connectivity index (χ2n) is 8.53. The van der Waals surface area contributed by atoms with Crippen LogP contribution in [0, 0.1) is 5.41 Å². The second kappa shape index (κ2) is 6.85. The van der Waals surface area contributed by atoms with Crippen molar-refractivity contribution < 1.29 is 17.9 Å². The first-order valence-corrected chi connectivity index (χ1v) is 10.6. The molecule has 0 bridgehead atoms. The van der Waals surface area contributed by atoms with E-state index in [0.29, 0.717) is 18.0 Å². The molecule has 1 saturated heterocycles. The summed E-state index contributed by atoms with van der Waals surface area (Å²) in [5.74, 6) is 0. The Hall–Kier alpha value is -1.60. The number of sulfonamides is 1. The lowest BCUT2D eigenvalue weighted by molar-refractivity contribution is 0.0273. The first-order chi connectivity index (χ1) is 12.1. The summed E-state index contributed by atoms with van der Waals surface area (Å²) in [5.41, 5.74) is -0.503. The van der Waals surface area contributed by atoms with Crippen LogP contribution >= 0.6 is 0 Å². The van der Waals surface area contributed by atoms with Crippen molar-refractivity contribution in [2.45, 2.75) is 63.0 Å². The lowest BCUT2D eigenvalue weighted by Crippen LogP contribution is -2.37. The van der Waals surface area contributed by atoms with Crippen LogP contribution in [0.5, 0.6) is 0 Å². The van der Waals surface area contributed by atoms with Crippen LogP contribution in [-0.4, -0.2) is 44.1 Å². The number of nitrogens with one attached hydrogen (secondary N) is 1. The first-order valence-electron chi connectivity index (χ1n) is 9.14. The quantitative estimate of drug-likeness (QED) is 0.874. The molecule has 1 aromatic carbocycles. The van der Waals surface area contributed by atoms with E-state index >= 15 is 0 Å². The zero-order valence-corrected chi connectivity index (χ0v) is 16.5. The van der Waals surface area contributed by atoms with E-state index in [2.05, 4.69) is 4.72 Å². The Morgan fingerprint density at radius 1 is 1.23 bits per heavy atom. The van der Waals surface area contributed by atoms with Crippen LogP contribution in [0.1, 0.15) is 46.5 Å². The lowest BCUT2D eigenvalue weighted by atomic mass is 9.85. The van der Waals surface area contributed by atoms with Gasteiger partial charge in [0.05, 0.1) is 4.90 Å². The van der Waals surface area contributed by atoms with Crippen LogP contribution in [-0.2, 0) is 14.8 Å². The van der Waals surface area contributed by atoms with E-state index in [-0.39, 0.29) is 17.6 Å². The van der Waals surface area contributed by atoms with Gasteiger partial charge in [0.15, 0.2) is 0 Å². The molecule has 2 aliphatic rings. The fourth-order valence-electron chi connectivity index (χ4n) is 3.98. The van der Waals surface area contributed by atoms with Crippen molar-refractivity contribution in [2.24, 2.45) is 5.41 Å². The van der Waals surface area contributed by atoms with Crippen molar-refractivity contribution in [3.05, 3.63) is 30.3 Å². The highest BCUT2D eigenvalue weighted by Gasteiger charge is 2.46. The van der Waals surface area contributed by atoms with Crippen LogP contribution in [0.3, 0.4) is 0 Å². The molecule has 0 radical (unpaired) electrons. The molecule has 1 spiro atoms. The van der Waals surface area contributed by atoms with E-state index in [4.69, 9.17) is 4.74 Å². The fraction of sp³-hybridized carbons (Fsp3) is 0.632. The molecule has 3 rings (SSSR count). The molecule has 1 aliphatic carbocycles. The SMILES string of the molecule is CC(C)(C)OC(=O)N1CCC2(CCC(NS(=O)(=O)c3ccccc3)C2)C1. The third-order valence-corrected chi connectivity index (χ3v) is 6.70. The highest BCUT2D eigenvalue weighted by atomic mass is 32.2. The average Bonchev–Trinajstić information content (AvgIpc) is 3.13. The molecule has 26 heavy (non-hydrogen) atoms. The number of hydrogen-bond donors (Lipinski definition) is 1. The maximum atomic E-state index is 12.5. The van der Waals surface area contributed by atoms with E-state index in [1.54, 1.807) is 35.2 Å². The molecule has 6 nitrogen and oxygen atoms in total. The molecular formula is C19H28N2O4S. The predicted octanol–water partition coefficient (Wildman–Crippen LogP) is 3.14. The monoisotopic (exact) mass is 380 g/mol. The molecule has 2 atom stereocenters. The summed E-state index contributed by atoms with van der Waals surface area (Å²) in [5, 5.41) is 0. The number of ether oxygens (including phenoxy) is 1. The number of carbonyl (C=O) groups excluding carboxylic acids is 1. The van der Waals surface area contributed by atoms with Crippen LogP contribution in [0.4, 0.5) is 4.79 Å². The smallest absolute Gasteiger partial charge is 0.410 e. The van der Waals surface area contributed by atoms with Gasteiger partial charge in [-0.2, -0.15) is 0 Å². The molecule has 1 N–H and O–H groups in total. The second-order valence-corrected chi connectivity index (χ2v) is 10.2. The number of benzene rings is 1. The van der Waals surface area contributed by atoms with Gasteiger partial charge in [-0.05, 0) is 64.0 Å². The van der Waals surface area contributed by atoms with Gasteiger partial charge in [-0.3, -0.25) is 0 Å². The molecule has 2 unspecified atom stereocenters. The number of amides is 1. The van der Waals surface area contributed by atoms with E-state index < -0.39 is 15.6 Å². The highest BCUT2D eigenvalue weighted by molar-refractivity contribution is 7.89. The molecule has 0 aromatic heterocycles. The minimum absolute atomic E-state index is 0.000773. The molecule has 144 valence electrons. The molecule has 1 heterocycles. The van der Waals surface area contributed by atoms with Crippen molar-refractivity contribution in [2.75, 3.05) is 13.1 Å². The Morgan fingerprint density at radius 3 is 2.58 bits per heavy atom. The number of likely N-dealkylation sites (tertiary alicyclic amines) is 1. The Balaban J connectivity index is 1.60. The topological polar surface area (TPSA) is 75.7 Å². The van der Waals surface area contributed by atoms with Crippen molar-refractivity contribution in [1.29, 1.82) is 0 Å². The molecule has 1 aromatic rings. The Morgan fingerprint density at radius 2 is 1.92 bits per heavy atom. The van der Waals surface area contributed by atoms with Gasteiger partial charge in [-0.1, -0.05) is 18.2 Å². The number of hydrogen-bond acceptors (Lipinski definition) is 4. The van der Waals surface area contributed by atoms with Crippen molar-refractivity contribution in [1.82, 2.24) is 9.62 Å². The van der Waals surface area contributed by atoms with E-state index in [1.165, 1.54) is 0 Å². The van der Waals surface area contributed by atoms with Crippen molar-refractivity contribution in [3.63, 3.8) is 0 Å². The average molecular weight is 381 g/mol. The Labute approximate surface area is 156 Å². The molecule has 1 aliphatic heterocycles. The summed E-state index contributed by atoms with van der Waals surface area (Å²) >= 11 is 0. The Kier molecular flexibility index (Phi) is 5.05. The summed E-state index contributed by atoms with van der Waals surface area (Å²) in [7, 11) is -3.50. The van der Waals surface area contributed by atoms with Crippen molar-refractivity contribution in [3.8, 4) is 0 Å². The predicted molar refractivity (Wildman–Crippen MR) is 99.3 cm³/mol. The van der Waals surface area contributed by atoms with Gasteiger partial charge in [0, 0.05) is 19.1 Å². The summed E-state index contributed by atoms with van der Waals surface area (Å²) in [6.45, 7) is 6.90. The lowest BCUT2D eigenvalue weighted by Gasteiger charge is -2.27. The highest BCUT2D eigenvalue weighted by Crippen LogP contribution is 2.46.